The smallest absolute Gasteiger partial charge is 0.226 e. The first kappa shape index (κ1) is 35.7. The van der Waals surface area contributed by atoms with Crippen LogP contribution in [0.1, 0.15) is 102 Å². The molecular formula is C43H52N6O3. The minimum Gasteiger partial charge on any atom is -0.381 e. The number of nitrogens with one attached hydrogen (secondary N) is 2. The lowest BCUT2D eigenvalue weighted by Gasteiger charge is -2.33. The number of likely N-dealkylation sites (tertiary alicyclic amines) is 2. The Morgan fingerprint density at radius 3 is 2.21 bits per heavy atom. The third kappa shape index (κ3) is 7.06. The summed E-state index contributed by atoms with van der Waals surface area (Å²) in [7, 11) is 0. The Hall–Kier alpha value is -4.68. The molecule has 2 aromatic heterocycles. The minimum atomic E-state index is -0.125. The van der Waals surface area contributed by atoms with Crippen LogP contribution in [-0.2, 0) is 14.3 Å². The second-order valence-corrected chi connectivity index (χ2v) is 16.2. The van der Waals surface area contributed by atoms with Gasteiger partial charge in [-0.15, -0.1) is 0 Å². The van der Waals surface area contributed by atoms with Gasteiger partial charge in [0.1, 0.15) is 11.6 Å². The highest BCUT2D eigenvalue weighted by Crippen LogP contribution is 2.49. The van der Waals surface area contributed by atoms with Crippen LogP contribution >= 0.6 is 0 Å². The van der Waals surface area contributed by atoms with Gasteiger partial charge in [0.05, 0.1) is 28.8 Å². The van der Waals surface area contributed by atoms with Crippen molar-refractivity contribution >= 4 is 22.8 Å². The van der Waals surface area contributed by atoms with Gasteiger partial charge in [0.2, 0.25) is 11.8 Å². The van der Waals surface area contributed by atoms with E-state index in [4.69, 9.17) is 14.7 Å². The van der Waals surface area contributed by atoms with Crippen molar-refractivity contribution in [3.05, 3.63) is 83.6 Å². The summed E-state index contributed by atoms with van der Waals surface area (Å²) in [5.41, 5.74) is 6.53. The highest BCUT2D eigenvalue weighted by molar-refractivity contribution is 5.81. The van der Waals surface area contributed by atoms with Crippen molar-refractivity contribution in [3.8, 4) is 23.1 Å². The predicted molar refractivity (Wildman–Crippen MR) is 204 cm³/mol. The second-order valence-electron chi connectivity index (χ2n) is 16.2. The molecule has 0 aliphatic carbocycles. The van der Waals surface area contributed by atoms with Crippen LogP contribution in [0.2, 0.25) is 0 Å². The molecule has 1 spiro atoms. The minimum absolute atomic E-state index is 0.0475. The quantitative estimate of drug-likeness (QED) is 0.151. The van der Waals surface area contributed by atoms with Crippen molar-refractivity contribution in [3.63, 3.8) is 0 Å². The monoisotopic (exact) mass is 700 g/mol. The van der Waals surface area contributed by atoms with Crippen molar-refractivity contribution in [2.24, 2.45) is 29.1 Å². The molecule has 2 amide bonds. The number of hydrogen-bond donors (Lipinski definition) is 2. The number of nitrogens with zero attached hydrogens (tertiary/aromatic N) is 4. The normalized spacial score (nSPS) is 21.3. The molecule has 272 valence electrons. The Labute approximate surface area is 307 Å². The van der Waals surface area contributed by atoms with Crippen molar-refractivity contribution in [1.82, 2.24) is 29.7 Å². The molecule has 0 saturated carbocycles. The van der Waals surface area contributed by atoms with E-state index in [1.54, 1.807) is 0 Å². The van der Waals surface area contributed by atoms with E-state index in [-0.39, 0.29) is 53.0 Å². The topological polar surface area (TPSA) is 107 Å². The van der Waals surface area contributed by atoms with Gasteiger partial charge in [-0.2, -0.15) is 0 Å². The SMILES string of the molecule is C=C1C[C@@H](c2nc(-c3ccc(C#Cc4ccc5[nH]c([C@@H]6CC7(CCOCC7)CN6C(=O)[C@@H](C)C(C)C)nc5c4)cc3)c[nH]2)N(C(=O)[C@@H](C)C(C)C)C1. The Balaban J connectivity index is 1.06. The van der Waals surface area contributed by atoms with Gasteiger partial charge in [0.15, 0.2) is 0 Å². The first-order valence-corrected chi connectivity index (χ1v) is 18.9. The van der Waals surface area contributed by atoms with Crippen LogP contribution in [0.15, 0.2) is 60.8 Å². The highest BCUT2D eigenvalue weighted by atomic mass is 16.5. The molecule has 0 radical (unpaired) electrons. The number of benzene rings is 2. The molecule has 7 rings (SSSR count). The lowest BCUT2D eigenvalue weighted by molar-refractivity contribution is -0.138. The fourth-order valence-corrected chi connectivity index (χ4v) is 7.85. The largest absolute Gasteiger partial charge is 0.381 e. The van der Waals surface area contributed by atoms with Gasteiger partial charge in [0, 0.05) is 61.0 Å². The standard InChI is InChI=1S/C43H52N6O3/c1-26(2)29(6)41(50)48-24-28(5)20-37(48)39-44-23-36(47-39)33-13-10-31(11-14-33)8-9-32-12-15-34-35(21-32)46-40(45-34)38-22-43(16-18-52-19-17-43)25-49(38)42(51)30(7)27(3)4/h10-15,21,23,26-27,29-30,37-38H,5,16-20,22,24-25H2,1-4,6-7H3,(H,44,47)(H,45,46)/t29-,30-,37-,38-/m0/s1. The molecule has 5 heterocycles. The molecule has 3 fully saturated rings. The summed E-state index contributed by atoms with van der Waals surface area (Å²) in [5, 5.41) is 0. The molecule has 3 aliphatic heterocycles. The summed E-state index contributed by atoms with van der Waals surface area (Å²) in [4.78, 5) is 47.9. The number of ether oxygens (including phenoxy) is 1. The zero-order chi connectivity index (χ0) is 36.7. The van der Waals surface area contributed by atoms with Crippen LogP contribution < -0.4 is 0 Å². The van der Waals surface area contributed by atoms with Crippen molar-refractivity contribution < 1.29 is 14.3 Å². The van der Waals surface area contributed by atoms with Gasteiger partial charge in [0.25, 0.3) is 0 Å². The van der Waals surface area contributed by atoms with Crippen molar-refractivity contribution in [1.29, 1.82) is 0 Å². The number of hydrogen-bond acceptors (Lipinski definition) is 5. The number of amides is 2. The van der Waals surface area contributed by atoms with E-state index in [1.807, 2.05) is 67.4 Å². The maximum Gasteiger partial charge on any atom is 0.226 e. The van der Waals surface area contributed by atoms with E-state index < -0.39 is 0 Å². The third-order valence-electron chi connectivity index (χ3n) is 11.9. The summed E-state index contributed by atoms with van der Waals surface area (Å²) in [6.07, 6.45) is 5.48. The van der Waals surface area contributed by atoms with Gasteiger partial charge in [-0.1, -0.05) is 77.7 Å². The molecule has 4 aromatic rings. The van der Waals surface area contributed by atoms with E-state index in [9.17, 15) is 9.59 Å². The Bertz CT molecular complexity index is 2020. The highest BCUT2D eigenvalue weighted by Gasteiger charge is 2.49. The molecule has 0 unspecified atom stereocenters. The number of carbonyl (C=O) groups is 2. The molecule has 4 atom stereocenters. The van der Waals surface area contributed by atoms with Gasteiger partial charge in [-0.05, 0) is 73.3 Å². The zero-order valence-corrected chi connectivity index (χ0v) is 31.5. The summed E-state index contributed by atoms with van der Waals surface area (Å²) in [6.45, 7) is 19.5. The lowest BCUT2D eigenvalue weighted by atomic mass is 9.78. The van der Waals surface area contributed by atoms with Gasteiger partial charge >= 0.3 is 0 Å². The van der Waals surface area contributed by atoms with E-state index in [1.165, 1.54) is 0 Å². The molecule has 2 N–H and O–H groups in total. The van der Waals surface area contributed by atoms with E-state index in [0.29, 0.717) is 6.54 Å². The number of carbonyl (C=O) groups excluding carboxylic acids is 2. The van der Waals surface area contributed by atoms with Crippen LogP contribution in [0.4, 0.5) is 0 Å². The number of aromatic nitrogens is 4. The molecule has 0 bridgehead atoms. The number of aromatic amines is 2. The molecule has 3 saturated heterocycles. The van der Waals surface area contributed by atoms with Crippen LogP contribution in [-0.4, -0.2) is 67.9 Å². The number of H-pyrrole nitrogens is 2. The van der Waals surface area contributed by atoms with Crippen LogP contribution in [0, 0.1) is 40.9 Å². The van der Waals surface area contributed by atoms with Gasteiger partial charge in [-0.25, -0.2) is 9.97 Å². The Kier molecular flexibility index (Phi) is 9.88. The predicted octanol–water partition coefficient (Wildman–Crippen LogP) is 7.84. The summed E-state index contributed by atoms with van der Waals surface area (Å²) in [6, 6.07) is 14.0. The average Bonchev–Trinajstić information content (AvgIpc) is 3.95. The first-order valence-electron chi connectivity index (χ1n) is 18.9. The molecular weight excluding hydrogens is 649 g/mol. The zero-order valence-electron chi connectivity index (χ0n) is 31.5. The lowest BCUT2D eigenvalue weighted by Crippen LogP contribution is -2.39. The third-order valence-corrected chi connectivity index (χ3v) is 11.9. The summed E-state index contributed by atoms with van der Waals surface area (Å²) in [5.74, 6) is 9.08. The fraction of sp³-hybridized carbons (Fsp3) is 0.488. The van der Waals surface area contributed by atoms with Crippen LogP contribution in [0.5, 0.6) is 0 Å². The average molecular weight is 701 g/mol. The summed E-state index contributed by atoms with van der Waals surface area (Å²) >= 11 is 0. The van der Waals surface area contributed by atoms with E-state index in [2.05, 4.69) is 61.0 Å². The van der Waals surface area contributed by atoms with Gasteiger partial charge in [-0.3, -0.25) is 9.59 Å². The number of imidazole rings is 2. The van der Waals surface area contributed by atoms with Crippen LogP contribution in [0.3, 0.4) is 0 Å². The fourth-order valence-electron chi connectivity index (χ4n) is 7.85. The van der Waals surface area contributed by atoms with E-state index >= 15 is 0 Å². The number of rotatable bonds is 7. The van der Waals surface area contributed by atoms with Crippen LogP contribution in [0.25, 0.3) is 22.3 Å². The molecule has 9 nitrogen and oxygen atoms in total. The molecule has 9 heteroatoms. The maximum absolute atomic E-state index is 13.7. The van der Waals surface area contributed by atoms with Crippen molar-refractivity contribution in [2.45, 2.75) is 79.3 Å². The Morgan fingerprint density at radius 2 is 1.52 bits per heavy atom. The first-order chi connectivity index (χ1) is 24.9. The second kappa shape index (κ2) is 14.4. The van der Waals surface area contributed by atoms with Gasteiger partial charge < -0.3 is 24.5 Å². The molecule has 2 aromatic carbocycles. The van der Waals surface area contributed by atoms with E-state index in [0.717, 1.165) is 96.1 Å². The number of fused-ring (bicyclic) bond motifs is 1. The Morgan fingerprint density at radius 1 is 0.865 bits per heavy atom. The molecule has 52 heavy (non-hydrogen) atoms. The molecule has 3 aliphatic rings. The summed E-state index contributed by atoms with van der Waals surface area (Å²) < 4.78 is 5.71. The maximum atomic E-state index is 13.7. The van der Waals surface area contributed by atoms with Crippen molar-refractivity contribution in [2.75, 3.05) is 26.3 Å².